The van der Waals surface area contributed by atoms with Crippen LogP contribution in [0.5, 0.6) is 0 Å². The molecule has 1 nitrogen and oxygen atoms in total. The van der Waals surface area contributed by atoms with Crippen LogP contribution < -0.4 is 5.32 Å². The highest BCUT2D eigenvalue weighted by atomic mass is 14.9. The van der Waals surface area contributed by atoms with E-state index in [0.29, 0.717) is 6.04 Å². The summed E-state index contributed by atoms with van der Waals surface area (Å²) in [4.78, 5) is 0. The van der Waals surface area contributed by atoms with Gasteiger partial charge in [0.1, 0.15) is 0 Å². The van der Waals surface area contributed by atoms with Crippen molar-refractivity contribution in [3.05, 3.63) is 24.4 Å². The third-order valence-corrected chi connectivity index (χ3v) is 0.966. The molecule has 0 unspecified atom stereocenters. The Balaban J connectivity index is 2.49. The molecule has 0 aromatic heterocycles. The van der Waals surface area contributed by atoms with Gasteiger partial charge in [-0.2, -0.15) is 0 Å². The molecule has 0 aromatic carbocycles. The number of allylic oxidation sites excluding steroid dienone is 2. The molecule has 7 heavy (non-hydrogen) atoms. The zero-order valence-electron chi connectivity index (χ0n) is 4.39. The minimum absolute atomic E-state index is 0.519. The normalized spacial score (nSPS) is 27.3. The molecule has 1 heteroatoms. The molecule has 0 spiro atoms. The van der Waals surface area contributed by atoms with Crippen LogP contribution in [0.15, 0.2) is 24.4 Å². The molecule has 0 fully saturated rings. The monoisotopic (exact) mass is 95.1 g/mol. The van der Waals surface area contributed by atoms with Crippen LogP contribution in [-0.2, 0) is 0 Å². The number of hydrogen-bond acceptors (Lipinski definition) is 1. The van der Waals surface area contributed by atoms with Crippen LogP contribution in [0.3, 0.4) is 0 Å². The maximum atomic E-state index is 3.11. The molecule has 0 amide bonds. The van der Waals surface area contributed by atoms with Crippen LogP contribution >= 0.6 is 0 Å². The van der Waals surface area contributed by atoms with Crippen LogP contribution in [-0.4, -0.2) is 6.04 Å². The molecular weight excluding hydrogens is 86.1 g/mol. The molecule has 0 aliphatic carbocycles. The first-order valence-corrected chi connectivity index (χ1v) is 2.49. The van der Waals surface area contributed by atoms with Crippen molar-refractivity contribution in [2.75, 3.05) is 0 Å². The second kappa shape index (κ2) is 1.82. The van der Waals surface area contributed by atoms with E-state index in [2.05, 4.69) is 18.3 Å². The molecule has 1 N–H and O–H groups in total. The Morgan fingerprint density at radius 3 is 2.57 bits per heavy atom. The molecule has 1 rings (SSSR count). The Hall–Kier alpha value is -0.720. The van der Waals surface area contributed by atoms with Crippen molar-refractivity contribution in [1.82, 2.24) is 5.32 Å². The van der Waals surface area contributed by atoms with Gasteiger partial charge in [0.2, 0.25) is 0 Å². The first-order valence-electron chi connectivity index (χ1n) is 2.49. The number of nitrogens with one attached hydrogen (secondary N) is 1. The molecule has 0 saturated heterocycles. The van der Waals surface area contributed by atoms with E-state index in [9.17, 15) is 0 Å². The van der Waals surface area contributed by atoms with E-state index >= 15 is 0 Å². The molecule has 1 aliphatic heterocycles. The maximum absolute atomic E-state index is 3.11. The second-order valence-corrected chi connectivity index (χ2v) is 1.70. The topological polar surface area (TPSA) is 12.0 Å². The Labute approximate surface area is 43.7 Å². The van der Waals surface area contributed by atoms with Gasteiger partial charge in [-0.15, -0.1) is 0 Å². The Morgan fingerprint density at radius 1 is 1.43 bits per heavy atom. The second-order valence-electron chi connectivity index (χ2n) is 1.70. The van der Waals surface area contributed by atoms with Crippen molar-refractivity contribution in [2.45, 2.75) is 13.0 Å². The van der Waals surface area contributed by atoms with Crippen LogP contribution in [0, 0.1) is 0 Å². The fraction of sp³-hybridized carbons (Fsp3) is 0.333. The fourth-order valence-corrected chi connectivity index (χ4v) is 0.549. The van der Waals surface area contributed by atoms with Crippen molar-refractivity contribution in [3.63, 3.8) is 0 Å². The average Bonchev–Trinajstić information content (AvgIpc) is 1.69. The summed E-state index contributed by atoms with van der Waals surface area (Å²) >= 11 is 0. The minimum Gasteiger partial charge on any atom is -0.385 e. The summed E-state index contributed by atoms with van der Waals surface area (Å²) < 4.78 is 0. The summed E-state index contributed by atoms with van der Waals surface area (Å²) in [6, 6.07) is 0.519. The predicted molar refractivity (Wildman–Crippen MR) is 30.9 cm³/mol. The molecule has 1 aliphatic rings. The van der Waals surface area contributed by atoms with Crippen molar-refractivity contribution in [1.29, 1.82) is 0 Å². The highest BCUT2D eigenvalue weighted by molar-refractivity contribution is 5.10. The molecule has 0 radical (unpaired) electrons. The smallest absolute Gasteiger partial charge is 0.0413 e. The van der Waals surface area contributed by atoms with Gasteiger partial charge in [0.15, 0.2) is 0 Å². The minimum atomic E-state index is 0.519. The lowest BCUT2D eigenvalue weighted by molar-refractivity contribution is 0.761. The van der Waals surface area contributed by atoms with Crippen LogP contribution in [0.25, 0.3) is 0 Å². The van der Waals surface area contributed by atoms with Gasteiger partial charge in [-0.05, 0) is 19.2 Å². The number of dihydropyridines is 1. The van der Waals surface area contributed by atoms with Crippen LogP contribution in [0.1, 0.15) is 6.92 Å². The number of rotatable bonds is 0. The van der Waals surface area contributed by atoms with Crippen molar-refractivity contribution in [2.24, 2.45) is 0 Å². The maximum Gasteiger partial charge on any atom is 0.0413 e. The predicted octanol–water partition coefficient (Wildman–Crippen LogP) is 1.05. The standard InChI is InChI=1S/C6H9N/c1-6-4-2-3-5-7-6/h2-7H,1H3/t6-/m1/s1. The molecule has 0 saturated carbocycles. The Kier molecular flexibility index (Phi) is 1.16. The Bertz CT molecular complexity index is 103. The zero-order chi connectivity index (χ0) is 5.11. The van der Waals surface area contributed by atoms with Gasteiger partial charge >= 0.3 is 0 Å². The SMILES string of the molecule is C[C@@H]1C=CC=CN1. The van der Waals surface area contributed by atoms with E-state index in [4.69, 9.17) is 0 Å². The van der Waals surface area contributed by atoms with Crippen molar-refractivity contribution < 1.29 is 0 Å². The first-order chi connectivity index (χ1) is 3.39. The molecule has 38 valence electrons. The summed E-state index contributed by atoms with van der Waals surface area (Å²) in [6.07, 6.45) is 8.09. The van der Waals surface area contributed by atoms with Gasteiger partial charge in [-0.3, -0.25) is 0 Å². The van der Waals surface area contributed by atoms with Gasteiger partial charge in [-0.25, -0.2) is 0 Å². The van der Waals surface area contributed by atoms with Crippen molar-refractivity contribution in [3.8, 4) is 0 Å². The fourth-order valence-electron chi connectivity index (χ4n) is 0.549. The van der Waals surface area contributed by atoms with E-state index in [1.54, 1.807) is 0 Å². The highest BCUT2D eigenvalue weighted by Gasteiger charge is 1.90. The summed E-state index contributed by atoms with van der Waals surface area (Å²) in [6.45, 7) is 2.11. The first kappa shape index (κ1) is 4.44. The molecular formula is C6H9N. The molecule has 1 atom stereocenters. The van der Waals surface area contributed by atoms with Gasteiger partial charge in [0, 0.05) is 6.04 Å². The Morgan fingerprint density at radius 2 is 2.29 bits per heavy atom. The largest absolute Gasteiger partial charge is 0.385 e. The van der Waals surface area contributed by atoms with E-state index < -0.39 is 0 Å². The molecule has 1 heterocycles. The van der Waals surface area contributed by atoms with E-state index in [1.165, 1.54) is 0 Å². The average molecular weight is 95.1 g/mol. The van der Waals surface area contributed by atoms with Crippen LogP contribution in [0.4, 0.5) is 0 Å². The third kappa shape index (κ3) is 1.07. The summed E-state index contributed by atoms with van der Waals surface area (Å²) in [5, 5.41) is 3.11. The van der Waals surface area contributed by atoms with Crippen LogP contribution in [0.2, 0.25) is 0 Å². The van der Waals surface area contributed by atoms with E-state index in [0.717, 1.165) is 0 Å². The summed E-state index contributed by atoms with van der Waals surface area (Å²) in [5.74, 6) is 0. The lowest BCUT2D eigenvalue weighted by atomic mass is 10.2. The third-order valence-electron chi connectivity index (χ3n) is 0.966. The highest BCUT2D eigenvalue weighted by Crippen LogP contribution is 1.90. The summed E-state index contributed by atoms with van der Waals surface area (Å²) in [5.41, 5.74) is 0. The van der Waals surface area contributed by atoms with Gasteiger partial charge < -0.3 is 5.32 Å². The van der Waals surface area contributed by atoms with Gasteiger partial charge in [0.25, 0.3) is 0 Å². The van der Waals surface area contributed by atoms with Crippen molar-refractivity contribution >= 4 is 0 Å². The molecule has 0 bridgehead atoms. The number of hydrogen-bond donors (Lipinski definition) is 1. The van der Waals surface area contributed by atoms with Gasteiger partial charge in [0.05, 0.1) is 0 Å². The van der Waals surface area contributed by atoms with E-state index in [-0.39, 0.29) is 0 Å². The van der Waals surface area contributed by atoms with Gasteiger partial charge in [-0.1, -0.05) is 12.2 Å². The summed E-state index contributed by atoms with van der Waals surface area (Å²) in [7, 11) is 0. The lowest BCUT2D eigenvalue weighted by Gasteiger charge is -2.07. The quantitative estimate of drug-likeness (QED) is 0.474. The van der Waals surface area contributed by atoms with E-state index in [1.807, 2.05) is 18.4 Å². The molecule has 0 aromatic rings. The zero-order valence-corrected chi connectivity index (χ0v) is 4.39. The lowest BCUT2D eigenvalue weighted by Crippen LogP contribution is -2.18.